The minimum atomic E-state index is -0.165. The maximum atomic E-state index is 12.6. The van der Waals surface area contributed by atoms with Crippen molar-refractivity contribution in [1.82, 2.24) is 30.0 Å². The molecular weight excluding hydrogens is 354 g/mol. The van der Waals surface area contributed by atoms with Gasteiger partial charge in [0.05, 0.1) is 24.5 Å². The lowest BCUT2D eigenvalue weighted by Crippen LogP contribution is -2.29. The number of hydrogen-bond acceptors (Lipinski definition) is 5. The summed E-state index contributed by atoms with van der Waals surface area (Å²) < 4.78 is 3.73. The summed E-state index contributed by atoms with van der Waals surface area (Å²) in [5, 5.41) is 16.2. The van der Waals surface area contributed by atoms with Gasteiger partial charge in [-0.2, -0.15) is 9.78 Å². The second-order valence-electron chi connectivity index (χ2n) is 7.07. The minimum Gasteiger partial charge on any atom is -0.304 e. The van der Waals surface area contributed by atoms with Crippen LogP contribution in [0.4, 0.5) is 5.69 Å². The Hall–Kier alpha value is -3.29. The summed E-state index contributed by atoms with van der Waals surface area (Å²) >= 11 is 0. The Kier molecular flexibility index (Phi) is 4.77. The number of carbonyl (C=O) groups excluding carboxylic acids is 1. The molecule has 1 aliphatic carbocycles. The fourth-order valence-corrected chi connectivity index (χ4v) is 3.45. The largest absolute Gasteiger partial charge is 0.304 e. The van der Waals surface area contributed by atoms with E-state index in [1.807, 2.05) is 37.4 Å². The van der Waals surface area contributed by atoms with E-state index in [1.165, 1.54) is 25.3 Å². The van der Waals surface area contributed by atoms with Gasteiger partial charge in [-0.05, 0) is 67.8 Å². The van der Waals surface area contributed by atoms with Crippen LogP contribution in [0, 0.1) is 13.8 Å². The van der Waals surface area contributed by atoms with Crippen LogP contribution in [0.3, 0.4) is 0 Å². The number of benzene rings is 1. The number of anilines is 1. The van der Waals surface area contributed by atoms with Gasteiger partial charge < -0.3 is 4.90 Å². The predicted molar refractivity (Wildman–Crippen MR) is 105 cm³/mol. The van der Waals surface area contributed by atoms with Crippen molar-refractivity contribution in [3.8, 4) is 5.69 Å². The smallest absolute Gasteiger partial charge is 0.250 e. The Balaban J connectivity index is 1.66. The third-order valence-electron chi connectivity index (χ3n) is 5.35. The van der Waals surface area contributed by atoms with E-state index in [1.54, 1.807) is 9.58 Å². The molecule has 144 valence electrons. The Bertz CT molecular complexity index is 1020. The van der Waals surface area contributed by atoms with Crippen LogP contribution >= 0.6 is 0 Å². The molecule has 0 aliphatic heterocycles. The van der Waals surface area contributed by atoms with E-state index in [2.05, 4.69) is 38.8 Å². The molecule has 0 spiro atoms. The molecule has 8 nitrogen and oxygen atoms in total. The third-order valence-corrected chi connectivity index (χ3v) is 5.35. The molecule has 0 saturated heterocycles. The molecule has 2 heterocycles. The molecule has 0 bridgehead atoms. The standard InChI is InChI=1S/C20H23N7O/c1-4-20(28)25(13-16-12-21-26(14(16)2)17-7-5-8-17)18-9-6-10-19(11-18)27-15(3)22-23-24-27/h4,6,9-12,17H,1,5,7-8,13H2,2-3H3. The van der Waals surface area contributed by atoms with Gasteiger partial charge in [0.1, 0.15) is 0 Å². The van der Waals surface area contributed by atoms with Crippen LogP contribution in [0.2, 0.25) is 0 Å². The van der Waals surface area contributed by atoms with E-state index in [4.69, 9.17) is 0 Å². The molecule has 1 aliphatic rings. The number of rotatable bonds is 6. The fourth-order valence-electron chi connectivity index (χ4n) is 3.45. The van der Waals surface area contributed by atoms with E-state index in [9.17, 15) is 4.79 Å². The molecule has 1 fully saturated rings. The van der Waals surface area contributed by atoms with Crippen molar-refractivity contribution >= 4 is 11.6 Å². The number of hydrogen-bond donors (Lipinski definition) is 0. The first kappa shape index (κ1) is 18.1. The van der Waals surface area contributed by atoms with Crippen molar-refractivity contribution in [2.24, 2.45) is 0 Å². The Morgan fingerprint density at radius 2 is 2.18 bits per heavy atom. The van der Waals surface area contributed by atoms with Crippen LogP contribution in [-0.2, 0) is 11.3 Å². The van der Waals surface area contributed by atoms with Gasteiger partial charge in [-0.15, -0.1) is 5.10 Å². The van der Waals surface area contributed by atoms with Crippen molar-refractivity contribution in [2.45, 2.75) is 45.7 Å². The molecule has 0 radical (unpaired) electrons. The van der Waals surface area contributed by atoms with Gasteiger partial charge in [0.25, 0.3) is 5.91 Å². The van der Waals surface area contributed by atoms with E-state index in [0.29, 0.717) is 18.4 Å². The van der Waals surface area contributed by atoms with E-state index in [0.717, 1.165) is 22.6 Å². The molecule has 8 heteroatoms. The maximum Gasteiger partial charge on any atom is 0.250 e. The van der Waals surface area contributed by atoms with Crippen molar-refractivity contribution < 1.29 is 4.79 Å². The average molecular weight is 377 g/mol. The average Bonchev–Trinajstić information content (AvgIpc) is 3.24. The summed E-state index contributed by atoms with van der Waals surface area (Å²) in [6.07, 6.45) is 6.80. The molecule has 0 atom stereocenters. The Labute approximate surface area is 163 Å². The van der Waals surface area contributed by atoms with Crippen LogP contribution in [0.1, 0.15) is 42.4 Å². The van der Waals surface area contributed by atoms with Gasteiger partial charge in [-0.3, -0.25) is 9.48 Å². The molecule has 1 aromatic carbocycles. The Morgan fingerprint density at radius 3 is 2.82 bits per heavy atom. The maximum absolute atomic E-state index is 12.6. The highest BCUT2D eigenvalue weighted by atomic mass is 16.2. The second-order valence-corrected chi connectivity index (χ2v) is 7.07. The molecular formula is C20H23N7O. The van der Waals surface area contributed by atoms with Gasteiger partial charge in [0.15, 0.2) is 5.82 Å². The Morgan fingerprint density at radius 1 is 1.36 bits per heavy atom. The van der Waals surface area contributed by atoms with Gasteiger partial charge >= 0.3 is 0 Å². The highest BCUT2D eigenvalue weighted by Crippen LogP contribution is 2.33. The topological polar surface area (TPSA) is 81.7 Å². The first-order chi connectivity index (χ1) is 13.6. The summed E-state index contributed by atoms with van der Waals surface area (Å²) in [6, 6.07) is 8.08. The zero-order chi connectivity index (χ0) is 19.7. The molecule has 1 saturated carbocycles. The minimum absolute atomic E-state index is 0.165. The van der Waals surface area contributed by atoms with Gasteiger partial charge in [-0.1, -0.05) is 12.6 Å². The summed E-state index contributed by atoms with van der Waals surface area (Å²) in [7, 11) is 0. The predicted octanol–water partition coefficient (Wildman–Crippen LogP) is 2.92. The van der Waals surface area contributed by atoms with Crippen molar-refractivity contribution in [1.29, 1.82) is 0 Å². The normalized spacial score (nSPS) is 13.9. The van der Waals surface area contributed by atoms with Gasteiger partial charge in [0.2, 0.25) is 0 Å². The zero-order valence-corrected chi connectivity index (χ0v) is 16.1. The summed E-state index contributed by atoms with van der Waals surface area (Å²) in [4.78, 5) is 14.3. The van der Waals surface area contributed by atoms with Crippen LogP contribution in [0.25, 0.3) is 5.69 Å². The molecule has 3 aromatic rings. The molecule has 0 N–H and O–H groups in total. The van der Waals surface area contributed by atoms with Crippen molar-refractivity contribution in [3.05, 3.63) is 60.2 Å². The van der Waals surface area contributed by atoms with Crippen LogP contribution in [0.15, 0.2) is 43.1 Å². The monoisotopic (exact) mass is 377 g/mol. The molecule has 2 aromatic heterocycles. The number of nitrogens with zero attached hydrogens (tertiary/aromatic N) is 7. The molecule has 28 heavy (non-hydrogen) atoms. The first-order valence-corrected chi connectivity index (χ1v) is 9.41. The number of aryl methyl sites for hydroxylation is 1. The van der Waals surface area contributed by atoms with Gasteiger partial charge in [0, 0.05) is 16.9 Å². The van der Waals surface area contributed by atoms with E-state index < -0.39 is 0 Å². The summed E-state index contributed by atoms with van der Waals surface area (Å²) in [5.74, 6) is 0.512. The molecule has 1 amide bonds. The highest BCUT2D eigenvalue weighted by Gasteiger charge is 2.24. The van der Waals surface area contributed by atoms with Crippen LogP contribution < -0.4 is 4.90 Å². The molecule has 4 rings (SSSR count). The lowest BCUT2D eigenvalue weighted by atomic mass is 9.93. The van der Waals surface area contributed by atoms with Crippen molar-refractivity contribution in [2.75, 3.05) is 4.90 Å². The number of aromatic nitrogens is 6. The summed E-state index contributed by atoms with van der Waals surface area (Å²) in [6.45, 7) is 7.99. The third kappa shape index (κ3) is 3.21. The van der Waals surface area contributed by atoms with Gasteiger partial charge in [-0.25, -0.2) is 0 Å². The van der Waals surface area contributed by atoms with Crippen LogP contribution in [-0.4, -0.2) is 35.9 Å². The fraction of sp³-hybridized carbons (Fsp3) is 0.350. The number of tetrazole rings is 1. The summed E-state index contributed by atoms with van der Waals surface area (Å²) in [5.41, 5.74) is 3.70. The van der Waals surface area contributed by atoms with Crippen molar-refractivity contribution in [3.63, 3.8) is 0 Å². The SMILES string of the molecule is C=CC(=O)N(Cc1cnn(C2CCC2)c1C)c1cccc(-n2nnnc2C)c1. The number of amides is 1. The van der Waals surface area contributed by atoms with Crippen LogP contribution in [0.5, 0.6) is 0 Å². The first-order valence-electron chi connectivity index (χ1n) is 9.41. The highest BCUT2D eigenvalue weighted by molar-refractivity contribution is 6.01. The zero-order valence-electron chi connectivity index (χ0n) is 16.1. The second kappa shape index (κ2) is 7.38. The lowest BCUT2D eigenvalue weighted by Gasteiger charge is -2.27. The quantitative estimate of drug-likeness (QED) is 0.617. The van der Waals surface area contributed by atoms with E-state index >= 15 is 0 Å². The number of carbonyl (C=O) groups is 1. The lowest BCUT2D eigenvalue weighted by molar-refractivity contribution is -0.114. The van der Waals surface area contributed by atoms with E-state index in [-0.39, 0.29) is 5.91 Å². The molecule has 0 unspecified atom stereocenters.